The lowest BCUT2D eigenvalue weighted by Gasteiger charge is -2.30. The summed E-state index contributed by atoms with van der Waals surface area (Å²) in [5, 5.41) is 1.42. The number of hydrogen-bond donors (Lipinski definition) is 1. The maximum absolute atomic E-state index is 13.1. The summed E-state index contributed by atoms with van der Waals surface area (Å²) in [5.41, 5.74) is 6.62. The van der Waals surface area contributed by atoms with Crippen LogP contribution in [0.15, 0.2) is 30.5 Å². The number of carbonyl (C=O) groups is 2. The van der Waals surface area contributed by atoms with Gasteiger partial charge in [-0.15, -0.1) is 0 Å². The highest BCUT2D eigenvalue weighted by Crippen LogP contribution is 2.30. The Hall–Kier alpha value is -2.38. The van der Waals surface area contributed by atoms with E-state index in [-0.39, 0.29) is 19.1 Å². The van der Waals surface area contributed by atoms with Crippen molar-refractivity contribution in [1.29, 1.82) is 0 Å². The van der Waals surface area contributed by atoms with Gasteiger partial charge in [-0.25, -0.2) is 4.79 Å². The molecule has 0 saturated heterocycles. The number of anilines is 1. The standard InChI is InChI=1S/C23H33ClN4O3/c1-4-27(5-2)14-6-8-17(3)28(23(30)31-15-7-9-22(25)29)21-12-13-26-20-16-18(24)10-11-19(20)21/h10-13,16-17H,4-9,14-15H2,1-3H3,(H2,25,29)/t17-/m1/s1. The van der Waals surface area contributed by atoms with Gasteiger partial charge in [0.25, 0.3) is 0 Å². The molecule has 2 N–H and O–H groups in total. The zero-order valence-corrected chi connectivity index (χ0v) is 19.4. The molecule has 0 aliphatic rings. The van der Waals surface area contributed by atoms with Gasteiger partial charge < -0.3 is 15.4 Å². The Morgan fingerprint density at radius 1 is 1.19 bits per heavy atom. The molecule has 0 unspecified atom stereocenters. The van der Waals surface area contributed by atoms with Crippen molar-refractivity contribution < 1.29 is 14.3 Å². The van der Waals surface area contributed by atoms with Crippen LogP contribution in [0.1, 0.15) is 46.5 Å². The fraction of sp³-hybridized carbons (Fsp3) is 0.522. The lowest BCUT2D eigenvalue weighted by atomic mass is 10.1. The number of nitrogens with zero attached hydrogens (tertiary/aromatic N) is 3. The van der Waals surface area contributed by atoms with Crippen LogP contribution in [0.3, 0.4) is 0 Å². The first-order chi connectivity index (χ1) is 14.9. The molecule has 1 aromatic heterocycles. The normalized spacial score (nSPS) is 12.2. The first kappa shape index (κ1) is 24.9. The van der Waals surface area contributed by atoms with E-state index in [4.69, 9.17) is 22.1 Å². The van der Waals surface area contributed by atoms with E-state index >= 15 is 0 Å². The van der Waals surface area contributed by atoms with Crippen molar-refractivity contribution in [2.45, 2.75) is 52.5 Å². The van der Waals surface area contributed by atoms with E-state index in [2.05, 4.69) is 23.7 Å². The monoisotopic (exact) mass is 448 g/mol. The molecule has 2 amide bonds. The molecule has 1 atom stereocenters. The maximum atomic E-state index is 13.1. The number of primary amides is 1. The van der Waals surface area contributed by atoms with E-state index in [0.29, 0.717) is 17.0 Å². The second kappa shape index (κ2) is 12.5. The number of fused-ring (bicyclic) bond motifs is 1. The molecular formula is C23H33ClN4O3. The molecule has 7 nitrogen and oxygen atoms in total. The molecule has 0 radical (unpaired) electrons. The van der Waals surface area contributed by atoms with Gasteiger partial charge in [-0.2, -0.15) is 0 Å². The van der Waals surface area contributed by atoms with E-state index in [1.807, 2.05) is 19.1 Å². The van der Waals surface area contributed by atoms with E-state index < -0.39 is 12.0 Å². The minimum atomic E-state index is -0.442. The van der Waals surface area contributed by atoms with Crippen LogP contribution in [-0.4, -0.2) is 54.2 Å². The highest BCUT2D eigenvalue weighted by Gasteiger charge is 2.25. The van der Waals surface area contributed by atoms with Crippen molar-refractivity contribution in [3.63, 3.8) is 0 Å². The van der Waals surface area contributed by atoms with Crippen molar-refractivity contribution in [2.24, 2.45) is 5.73 Å². The second-order valence-corrected chi connectivity index (χ2v) is 8.00. The second-order valence-electron chi connectivity index (χ2n) is 7.56. The number of rotatable bonds is 12. The number of ether oxygens (including phenoxy) is 1. The third-order valence-electron chi connectivity index (χ3n) is 5.36. The van der Waals surface area contributed by atoms with Crippen molar-refractivity contribution in [3.8, 4) is 0 Å². The topological polar surface area (TPSA) is 88.8 Å². The van der Waals surface area contributed by atoms with Gasteiger partial charge in [0.15, 0.2) is 0 Å². The fourth-order valence-electron chi connectivity index (χ4n) is 3.59. The third-order valence-corrected chi connectivity index (χ3v) is 5.60. The van der Waals surface area contributed by atoms with Gasteiger partial charge in [0, 0.05) is 29.1 Å². The number of amides is 2. The molecule has 0 spiro atoms. The van der Waals surface area contributed by atoms with Gasteiger partial charge in [0.05, 0.1) is 17.8 Å². The van der Waals surface area contributed by atoms with Crippen molar-refractivity contribution in [1.82, 2.24) is 9.88 Å². The molecule has 1 heterocycles. The Labute approximate surface area is 189 Å². The minimum Gasteiger partial charge on any atom is -0.449 e. The molecule has 2 aromatic rings. The number of halogens is 1. The van der Waals surface area contributed by atoms with Crippen LogP contribution >= 0.6 is 11.6 Å². The van der Waals surface area contributed by atoms with Crippen LogP contribution in [0.5, 0.6) is 0 Å². The summed E-state index contributed by atoms with van der Waals surface area (Å²) in [7, 11) is 0. The third kappa shape index (κ3) is 7.36. The van der Waals surface area contributed by atoms with E-state index in [1.165, 1.54) is 0 Å². The Bertz CT molecular complexity index is 873. The first-order valence-corrected chi connectivity index (χ1v) is 11.3. The SMILES string of the molecule is CCN(CC)CCC[C@@H](C)N(C(=O)OCCCC(N)=O)c1ccnc2cc(Cl)ccc12. The smallest absolute Gasteiger partial charge is 0.414 e. The van der Waals surface area contributed by atoms with Crippen molar-refractivity contribution >= 4 is 40.2 Å². The van der Waals surface area contributed by atoms with E-state index in [1.54, 1.807) is 23.2 Å². The van der Waals surface area contributed by atoms with E-state index in [9.17, 15) is 9.59 Å². The lowest BCUT2D eigenvalue weighted by Crippen LogP contribution is -2.40. The molecule has 0 aliphatic heterocycles. The molecule has 0 bridgehead atoms. The number of nitrogens with two attached hydrogens (primary N) is 1. The molecule has 0 aliphatic carbocycles. The fourth-order valence-corrected chi connectivity index (χ4v) is 3.75. The molecule has 31 heavy (non-hydrogen) atoms. The van der Waals surface area contributed by atoms with Gasteiger partial charge in [-0.3, -0.25) is 14.7 Å². The number of benzene rings is 1. The lowest BCUT2D eigenvalue weighted by molar-refractivity contribution is -0.118. The van der Waals surface area contributed by atoms with Gasteiger partial charge in [0.2, 0.25) is 5.91 Å². The zero-order chi connectivity index (χ0) is 22.8. The van der Waals surface area contributed by atoms with Gasteiger partial charge in [0.1, 0.15) is 0 Å². The van der Waals surface area contributed by atoms with Crippen LogP contribution in [0.4, 0.5) is 10.5 Å². The van der Waals surface area contributed by atoms with Crippen LogP contribution < -0.4 is 10.6 Å². The van der Waals surface area contributed by atoms with E-state index in [0.717, 1.165) is 43.5 Å². The first-order valence-electron chi connectivity index (χ1n) is 10.9. The molecule has 2 rings (SSSR count). The quantitative estimate of drug-likeness (QED) is 0.479. The van der Waals surface area contributed by atoms with Gasteiger partial charge >= 0.3 is 6.09 Å². The summed E-state index contributed by atoms with van der Waals surface area (Å²) in [5.74, 6) is -0.408. The number of pyridine rings is 1. The average Bonchev–Trinajstić information content (AvgIpc) is 2.74. The Balaban J connectivity index is 2.23. The molecule has 0 fully saturated rings. The molecule has 8 heteroatoms. The van der Waals surface area contributed by atoms with Crippen molar-refractivity contribution in [3.05, 3.63) is 35.5 Å². The number of aromatic nitrogens is 1. The maximum Gasteiger partial charge on any atom is 0.414 e. The highest BCUT2D eigenvalue weighted by molar-refractivity contribution is 6.31. The van der Waals surface area contributed by atoms with Crippen LogP contribution in [0.2, 0.25) is 5.02 Å². The highest BCUT2D eigenvalue weighted by atomic mass is 35.5. The van der Waals surface area contributed by atoms with Crippen LogP contribution in [0.25, 0.3) is 10.9 Å². The summed E-state index contributed by atoms with van der Waals surface area (Å²) in [6.45, 7) is 9.45. The Morgan fingerprint density at radius 2 is 1.94 bits per heavy atom. The van der Waals surface area contributed by atoms with Crippen LogP contribution in [0, 0.1) is 0 Å². The minimum absolute atomic E-state index is 0.0829. The average molecular weight is 449 g/mol. The summed E-state index contributed by atoms with van der Waals surface area (Å²) >= 11 is 6.12. The number of carbonyl (C=O) groups excluding carboxylic acids is 2. The molecule has 0 saturated carbocycles. The molecule has 1 aromatic carbocycles. The summed E-state index contributed by atoms with van der Waals surface area (Å²) in [4.78, 5) is 32.5. The van der Waals surface area contributed by atoms with Gasteiger partial charge in [-0.05, 0) is 70.1 Å². The van der Waals surface area contributed by atoms with Crippen molar-refractivity contribution in [2.75, 3.05) is 31.1 Å². The number of hydrogen-bond acceptors (Lipinski definition) is 5. The van der Waals surface area contributed by atoms with Crippen LogP contribution in [-0.2, 0) is 9.53 Å². The summed E-state index contributed by atoms with van der Waals surface area (Å²) < 4.78 is 5.49. The predicted octanol–water partition coefficient (Wildman–Crippen LogP) is 4.61. The molecular weight excluding hydrogens is 416 g/mol. The largest absolute Gasteiger partial charge is 0.449 e. The van der Waals surface area contributed by atoms with Gasteiger partial charge in [-0.1, -0.05) is 25.4 Å². The Morgan fingerprint density at radius 3 is 2.61 bits per heavy atom. The Kier molecular flexibility index (Phi) is 10.0. The summed E-state index contributed by atoms with van der Waals surface area (Å²) in [6, 6.07) is 7.18. The zero-order valence-electron chi connectivity index (χ0n) is 18.6. The predicted molar refractivity (Wildman–Crippen MR) is 125 cm³/mol. The molecule has 170 valence electrons. The summed E-state index contributed by atoms with van der Waals surface area (Å²) in [6.07, 6.45) is 3.60.